The van der Waals surface area contributed by atoms with Crippen LogP contribution in [0.3, 0.4) is 0 Å². The van der Waals surface area contributed by atoms with Gasteiger partial charge in [0, 0.05) is 11.4 Å². The minimum Gasteiger partial charge on any atom is -0.305 e. The van der Waals surface area contributed by atoms with Crippen LogP contribution in [0.5, 0.6) is 0 Å². The van der Waals surface area contributed by atoms with Crippen molar-refractivity contribution in [2.24, 2.45) is 0 Å². The van der Waals surface area contributed by atoms with Gasteiger partial charge in [-0.05, 0) is 30.7 Å². The molecule has 0 saturated heterocycles. The van der Waals surface area contributed by atoms with Crippen LogP contribution in [-0.4, -0.2) is 19.7 Å². The fourth-order valence-corrected chi connectivity index (χ4v) is 3.56. The highest BCUT2D eigenvalue weighted by atomic mass is 35.5. The molecule has 4 aromatic rings. The third-order valence-electron chi connectivity index (χ3n) is 4.56. The minimum atomic E-state index is 0.102. The smallest absolute Gasteiger partial charge is 0.216 e. The molecule has 126 valence electrons. The van der Waals surface area contributed by atoms with Crippen LogP contribution in [0.4, 0.5) is 0 Å². The van der Waals surface area contributed by atoms with Crippen LogP contribution in [0.15, 0.2) is 48.5 Å². The molecule has 0 saturated carbocycles. The van der Waals surface area contributed by atoms with E-state index in [0.717, 1.165) is 33.1 Å². The molecule has 4 nitrogen and oxygen atoms in total. The Balaban J connectivity index is 2.03. The number of halogens is 1. The molecule has 2 heterocycles. The van der Waals surface area contributed by atoms with Crippen LogP contribution < -0.4 is 0 Å². The molecule has 0 radical (unpaired) electrons. The van der Waals surface area contributed by atoms with Crippen LogP contribution in [-0.2, 0) is 6.54 Å². The highest BCUT2D eigenvalue weighted by Crippen LogP contribution is 2.27. The summed E-state index contributed by atoms with van der Waals surface area (Å²) in [5, 5.41) is 0.728. The van der Waals surface area contributed by atoms with Gasteiger partial charge in [-0.3, -0.25) is 9.20 Å². The van der Waals surface area contributed by atoms with Gasteiger partial charge in [0.1, 0.15) is 5.69 Å². The first-order valence-electron chi connectivity index (χ1n) is 8.34. The van der Waals surface area contributed by atoms with Crippen molar-refractivity contribution >= 4 is 34.2 Å². The predicted molar refractivity (Wildman–Crippen MR) is 101 cm³/mol. The SMILES string of the molecule is CCC(=O)c1c(C)nc2n(Cc3ccccc3Cl)c3ccccc3n12. The number of nitrogens with zero attached hydrogens (tertiary/aromatic N) is 3. The summed E-state index contributed by atoms with van der Waals surface area (Å²) >= 11 is 6.36. The van der Waals surface area contributed by atoms with Gasteiger partial charge in [-0.25, -0.2) is 4.98 Å². The Labute approximate surface area is 150 Å². The van der Waals surface area contributed by atoms with Gasteiger partial charge in [0.2, 0.25) is 5.78 Å². The summed E-state index contributed by atoms with van der Waals surface area (Å²) in [7, 11) is 0. The summed E-state index contributed by atoms with van der Waals surface area (Å²) in [5.41, 5.74) is 4.49. The molecule has 0 N–H and O–H groups in total. The lowest BCUT2D eigenvalue weighted by Gasteiger charge is -2.07. The molecule has 0 aliphatic rings. The van der Waals surface area contributed by atoms with E-state index in [2.05, 4.69) is 10.6 Å². The Morgan fingerprint density at radius 1 is 1.08 bits per heavy atom. The molecule has 0 amide bonds. The second kappa shape index (κ2) is 6.05. The largest absolute Gasteiger partial charge is 0.305 e. The molecular formula is C20H18ClN3O. The van der Waals surface area contributed by atoms with Gasteiger partial charge in [0.15, 0.2) is 5.78 Å². The predicted octanol–water partition coefficient (Wildman–Crippen LogP) is 4.89. The number of imidazole rings is 2. The number of Topliss-reactive ketones (excluding diaryl/α,β-unsaturated/α-hetero) is 1. The number of carbonyl (C=O) groups is 1. The number of aryl methyl sites for hydroxylation is 1. The normalized spacial score (nSPS) is 11.5. The van der Waals surface area contributed by atoms with Crippen molar-refractivity contribution in [2.75, 3.05) is 0 Å². The van der Waals surface area contributed by atoms with Crippen molar-refractivity contribution in [3.05, 3.63) is 70.5 Å². The number of fused-ring (bicyclic) bond motifs is 3. The molecule has 0 spiro atoms. The molecule has 0 bridgehead atoms. The highest BCUT2D eigenvalue weighted by Gasteiger charge is 2.21. The van der Waals surface area contributed by atoms with Crippen LogP contribution in [0.25, 0.3) is 16.8 Å². The lowest BCUT2D eigenvalue weighted by molar-refractivity contribution is 0.0982. The van der Waals surface area contributed by atoms with Crippen molar-refractivity contribution in [2.45, 2.75) is 26.8 Å². The van der Waals surface area contributed by atoms with Gasteiger partial charge in [-0.1, -0.05) is 48.9 Å². The number of ketones is 1. The summed E-state index contributed by atoms with van der Waals surface area (Å²) in [6, 6.07) is 15.9. The van der Waals surface area contributed by atoms with Gasteiger partial charge in [0.25, 0.3) is 0 Å². The number of hydrogen-bond acceptors (Lipinski definition) is 2. The van der Waals surface area contributed by atoms with E-state index in [1.54, 1.807) is 0 Å². The fourth-order valence-electron chi connectivity index (χ4n) is 3.36. The standard InChI is InChI=1S/C20H18ClN3O/c1-3-18(25)19-13(2)22-20-23(12-14-8-4-5-9-15(14)21)16-10-6-7-11-17(16)24(19)20/h4-11H,3,12H2,1-2H3. The zero-order valence-corrected chi connectivity index (χ0v) is 14.9. The third-order valence-corrected chi connectivity index (χ3v) is 4.93. The minimum absolute atomic E-state index is 0.102. The van der Waals surface area contributed by atoms with Crippen molar-refractivity contribution in [3.8, 4) is 0 Å². The van der Waals surface area contributed by atoms with E-state index < -0.39 is 0 Å². The first-order valence-corrected chi connectivity index (χ1v) is 8.72. The van der Waals surface area contributed by atoms with E-state index in [9.17, 15) is 4.79 Å². The van der Waals surface area contributed by atoms with Crippen LogP contribution in [0.2, 0.25) is 5.02 Å². The molecule has 0 aliphatic heterocycles. The van der Waals surface area contributed by atoms with Gasteiger partial charge in [-0.15, -0.1) is 0 Å². The van der Waals surface area contributed by atoms with Crippen molar-refractivity contribution in [1.82, 2.24) is 14.0 Å². The van der Waals surface area contributed by atoms with Crippen molar-refractivity contribution in [1.29, 1.82) is 0 Å². The number of para-hydroxylation sites is 2. The summed E-state index contributed by atoms with van der Waals surface area (Å²) in [5.74, 6) is 0.876. The lowest BCUT2D eigenvalue weighted by atomic mass is 10.2. The molecular weight excluding hydrogens is 334 g/mol. The highest BCUT2D eigenvalue weighted by molar-refractivity contribution is 6.31. The van der Waals surface area contributed by atoms with E-state index >= 15 is 0 Å². The van der Waals surface area contributed by atoms with Crippen molar-refractivity contribution < 1.29 is 4.79 Å². The van der Waals surface area contributed by atoms with E-state index in [4.69, 9.17) is 16.6 Å². The maximum atomic E-state index is 12.5. The molecule has 0 aliphatic carbocycles. The summed E-state index contributed by atoms with van der Waals surface area (Å²) in [6.07, 6.45) is 0.457. The zero-order valence-electron chi connectivity index (χ0n) is 14.2. The van der Waals surface area contributed by atoms with Gasteiger partial charge >= 0.3 is 0 Å². The average molecular weight is 352 g/mol. The fraction of sp³-hybridized carbons (Fsp3) is 0.200. The second-order valence-electron chi connectivity index (χ2n) is 6.12. The summed E-state index contributed by atoms with van der Waals surface area (Å²) in [6.45, 7) is 4.38. The topological polar surface area (TPSA) is 39.3 Å². The monoisotopic (exact) mass is 351 g/mol. The first kappa shape index (κ1) is 15.9. The molecule has 0 atom stereocenters. The second-order valence-corrected chi connectivity index (χ2v) is 6.53. The molecule has 5 heteroatoms. The molecule has 0 unspecified atom stereocenters. The van der Waals surface area contributed by atoms with Gasteiger partial charge in [-0.2, -0.15) is 0 Å². The summed E-state index contributed by atoms with van der Waals surface area (Å²) < 4.78 is 4.10. The number of aromatic nitrogens is 3. The quantitative estimate of drug-likeness (QED) is 0.491. The Bertz CT molecular complexity index is 1110. The summed E-state index contributed by atoms with van der Waals surface area (Å²) in [4.78, 5) is 17.2. The van der Waals surface area contributed by atoms with Crippen molar-refractivity contribution in [3.63, 3.8) is 0 Å². The number of rotatable bonds is 4. The van der Waals surface area contributed by atoms with E-state index in [1.807, 2.05) is 60.7 Å². The number of benzene rings is 2. The molecule has 2 aromatic carbocycles. The average Bonchev–Trinajstić information content (AvgIpc) is 3.10. The molecule has 0 fully saturated rings. The zero-order chi connectivity index (χ0) is 17.6. The molecule has 25 heavy (non-hydrogen) atoms. The molecule has 2 aromatic heterocycles. The molecule has 4 rings (SSSR count). The first-order chi connectivity index (χ1) is 12.1. The Kier molecular flexibility index (Phi) is 3.85. The number of hydrogen-bond donors (Lipinski definition) is 0. The Hall–Kier alpha value is -2.59. The van der Waals surface area contributed by atoms with E-state index in [-0.39, 0.29) is 5.78 Å². The van der Waals surface area contributed by atoms with E-state index in [1.165, 1.54) is 0 Å². The Morgan fingerprint density at radius 3 is 2.48 bits per heavy atom. The Morgan fingerprint density at radius 2 is 1.76 bits per heavy atom. The lowest BCUT2D eigenvalue weighted by Crippen LogP contribution is -2.03. The van der Waals surface area contributed by atoms with Crippen LogP contribution >= 0.6 is 11.6 Å². The van der Waals surface area contributed by atoms with Crippen LogP contribution in [0, 0.1) is 6.92 Å². The van der Waals surface area contributed by atoms with Crippen LogP contribution in [0.1, 0.15) is 35.1 Å². The third kappa shape index (κ3) is 2.45. The van der Waals surface area contributed by atoms with Gasteiger partial charge < -0.3 is 4.57 Å². The van der Waals surface area contributed by atoms with E-state index in [0.29, 0.717) is 18.7 Å². The number of carbonyl (C=O) groups excluding carboxylic acids is 1. The maximum absolute atomic E-state index is 12.5. The van der Waals surface area contributed by atoms with Gasteiger partial charge in [0.05, 0.1) is 23.3 Å². The maximum Gasteiger partial charge on any atom is 0.216 e.